The highest BCUT2D eigenvalue weighted by Crippen LogP contribution is 2.27. The molecule has 0 saturated heterocycles. The standard InChI is InChI=1S/C7H15N.H2/c1-6(2)8-5-7-3-4-7;/h6-8H,3-5H2,1-2H3;1H. The van der Waals surface area contributed by atoms with Crippen molar-refractivity contribution in [3.8, 4) is 0 Å². The second-order valence-corrected chi connectivity index (χ2v) is 3.01. The smallest absolute Gasteiger partial charge is 0.00104 e. The summed E-state index contributed by atoms with van der Waals surface area (Å²) in [6.45, 7) is 5.64. The molecule has 0 atom stereocenters. The minimum Gasteiger partial charge on any atom is -0.314 e. The first-order chi connectivity index (χ1) is 3.79. The Kier molecular flexibility index (Phi) is 1.90. The Hall–Kier alpha value is -0.0400. The van der Waals surface area contributed by atoms with Crippen molar-refractivity contribution < 1.29 is 1.43 Å². The van der Waals surface area contributed by atoms with Gasteiger partial charge in [-0.1, -0.05) is 13.8 Å². The molecule has 1 aliphatic rings. The molecule has 0 radical (unpaired) electrons. The van der Waals surface area contributed by atoms with Gasteiger partial charge in [-0.3, -0.25) is 0 Å². The SMILES string of the molecule is CC(C)NCC1CC1.[HH]. The van der Waals surface area contributed by atoms with Crippen molar-refractivity contribution in [3.05, 3.63) is 0 Å². The third-order valence-electron chi connectivity index (χ3n) is 1.51. The van der Waals surface area contributed by atoms with Gasteiger partial charge in [0.05, 0.1) is 0 Å². The van der Waals surface area contributed by atoms with Crippen molar-refractivity contribution in [2.75, 3.05) is 6.54 Å². The monoisotopic (exact) mass is 115 g/mol. The zero-order valence-electron chi connectivity index (χ0n) is 5.78. The van der Waals surface area contributed by atoms with Gasteiger partial charge in [-0.05, 0) is 25.3 Å². The molecular formula is C7H17N. The van der Waals surface area contributed by atoms with Gasteiger partial charge in [0.25, 0.3) is 0 Å². The molecule has 0 spiro atoms. The topological polar surface area (TPSA) is 12.0 Å². The predicted molar refractivity (Wildman–Crippen MR) is 38.0 cm³/mol. The summed E-state index contributed by atoms with van der Waals surface area (Å²) in [4.78, 5) is 0. The zero-order chi connectivity index (χ0) is 5.98. The third kappa shape index (κ3) is 2.31. The van der Waals surface area contributed by atoms with E-state index in [-0.39, 0.29) is 1.43 Å². The van der Waals surface area contributed by atoms with Crippen LogP contribution in [0.3, 0.4) is 0 Å². The highest BCUT2D eigenvalue weighted by molar-refractivity contribution is 4.75. The fourth-order valence-corrected chi connectivity index (χ4v) is 0.724. The number of rotatable bonds is 3. The maximum absolute atomic E-state index is 3.41. The molecule has 0 unspecified atom stereocenters. The number of hydrogen-bond donors (Lipinski definition) is 1. The lowest BCUT2D eigenvalue weighted by Crippen LogP contribution is -2.24. The van der Waals surface area contributed by atoms with Crippen LogP contribution in [-0.4, -0.2) is 12.6 Å². The summed E-state index contributed by atoms with van der Waals surface area (Å²) in [5.74, 6) is 1.03. The molecule has 0 aliphatic heterocycles. The molecule has 8 heavy (non-hydrogen) atoms. The Morgan fingerprint density at radius 2 is 2.25 bits per heavy atom. The van der Waals surface area contributed by atoms with Crippen molar-refractivity contribution in [2.45, 2.75) is 32.7 Å². The van der Waals surface area contributed by atoms with E-state index in [1.165, 1.54) is 19.4 Å². The van der Waals surface area contributed by atoms with E-state index in [1.54, 1.807) is 0 Å². The van der Waals surface area contributed by atoms with Crippen molar-refractivity contribution in [1.82, 2.24) is 5.32 Å². The van der Waals surface area contributed by atoms with E-state index in [2.05, 4.69) is 19.2 Å². The van der Waals surface area contributed by atoms with Crippen LogP contribution in [0.15, 0.2) is 0 Å². The maximum atomic E-state index is 3.41. The van der Waals surface area contributed by atoms with Crippen LogP contribution >= 0.6 is 0 Å². The number of hydrogen-bond acceptors (Lipinski definition) is 1. The molecule has 1 aliphatic carbocycles. The van der Waals surface area contributed by atoms with Gasteiger partial charge in [-0.25, -0.2) is 0 Å². The Morgan fingerprint density at radius 1 is 1.62 bits per heavy atom. The van der Waals surface area contributed by atoms with Gasteiger partial charge in [-0.15, -0.1) is 0 Å². The Labute approximate surface area is 53.0 Å². The average Bonchev–Trinajstić information content (AvgIpc) is 2.41. The molecular weight excluding hydrogens is 98.1 g/mol. The van der Waals surface area contributed by atoms with Crippen LogP contribution in [-0.2, 0) is 0 Å². The minimum atomic E-state index is 0. The average molecular weight is 115 g/mol. The van der Waals surface area contributed by atoms with Gasteiger partial charge >= 0.3 is 0 Å². The quantitative estimate of drug-likeness (QED) is 0.589. The van der Waals surface area contributed by atoms with Crippen LogP contribution in [0.25, 0.3) is 0 Å². The second kappa shape index (κ2) is 2.49. The van der Waals surface area contributed by atoms with Crippen molar-refractivity contribution in [1.29, 1.82) is 0 Å². The molecule has 1 heteroatoms. The minimum absolute atomic E-state index is 0. The summed E-state index contributed by atoms with van der Waals surface area (Å²) < 4.78 is 0. The summed E-state index contributed by atoms with van der Waals surface area (Å²) in [6.07, 6.45) is 2.92. The fourth-order valence-electron chi connectivity index (χ4n) is 0.724. The van der Waals surface area contributed by atoms with Crippen LogP contribution in [0.1, 0.15) is 28.1 Å². The Bertz CT molecular complexity index is 67.3. The van der Waals surface area contributed by atoms with E-state index in [4.69, 9.17) is 0 Å². The van der Waals surface area contributed by atoms with E-state index >= 15 is 0 Å². The van der Waals surface area contributed by atoms with Gasteiger partial charge in [0.1, 0.15) is 0 Å². The molecule has 1 rings (SSSR count). The molecule has 0 aromatic heterocycles. The normalized spacial score (nSPS) is 19.9. The molecule has 0 amide bonds. The highest BCUT2D eigenvalue weighted by atomic mass is 14.9. The molecule has 50 valence electrons. The Morgan fingerprint density at radius 3 is 2.62 bits per heavy atom. The van der Waals surface area contributed by atoms with Crippen molar-refractivity contribution in [2.24, 2.45) is 5.92 Å². The van der Waals surface area contributed by atoms with Gasteiger partial charge in [0.2, 0.25) is 0 Å². The molecule has 0 bridgehead atoms. The lowest BCUT2D eigenvalue weighted by molar-refractivity contribution is 0.561. The van der Waals surface area contributed by atoms with Gasteiger partial charge in [0, 0.05) is 7.47 Å². The van der Waals surface area contributed by atoms with E-state index in [0.29, 0.717) is 6.04 Å². The molecule has 0 aromatic carbocycles. The largest absolute Gasteiger partial charge is 0.314 e. The Balaban J connectivity index is 0.000000640. The first kappa shape index (κ1) is 6.09. The van der Waals surface area contributed by atoms with E-state index in [9.17, 15) is 0 Å². The summed E-state index contributed by atoms with van der Waals surface area (Å²) in [5.41, 5.74) is 0. The summed E-state index contributed by atoms with van der Waals surface area (Å²) in [7, 11) is 0. The predicted octanol–water partition coefficient (Wildman–Crippen LogP) is 1.64. The summed E-state index contributed by atoms with van der Waals surface area (Å²) in [5, 5.41) is 3.41. The summed E-state index contributed by atoms with van der Waals surface area (Å²) in [6, 6.07) is 0.676. The van der Waals surface area contributed by atoms with Crippen LogP contribution in [0.5, 0.6) is 0 Å². The van der Waals surface area contributed by atoms with Gasteiger partial charge in [0.15, 0.2) is 0 Å². The van der Waals surface area contributed by atoms with Crippen LogP contribution in [0, 0.1) is 5.92 Å². The van der Waals surface area contributed by atoms with E-state index in [1.807, 2.05) is 0 Å². The fraction of sp³-hybridized carbons (Fsp3) is 1.00. The van der Waals surface area contributed by atoms with Crippen LogP contribution < -0.4 is 5.32 Å². The van der Waals surface area contributed by atoms with Crippen LogP contribution in [0.4, 0.5) is 0 Å². The first-order valence-corrected chi connectivity index (χ1v) is 3.52. The second-order valence-electron chi connectivity index (χ2n) is 3.01. The lowest BCUT2D eigenvalue weighted by Gasteiger charge is -2.04. The molecule has 1 saturated carbocycles. The van der Waals surface area contributed by atoms with Crippen LogP contribution in [0.2, 0.25) is 0 Å². The van der Waals surface area contributed by atoms with Gasteiger partial charge in [-0.2, -0.15) is 0 Å². The zero-order valence-corrected chi connectivity index (χ0v) is 5.78. The first-order valence-electron chi connectivity index (χ1n) is 3.52. The molecule has 1 nitrogen and oxygen atoms in total. The molecule has 0 aromatic rings. The van der Waals surface area contributed by atoms with Crippen molar-refractivity contribution in [3.63, 3.8) is 0 Å². The molecule has 0 heterocycles. The summed E-state index contributed by atoms with van der Waals surface area (Å²) >= 11 is 0. The molecule has 1 N–H and O–H groups in total. The maximum Gasteiger partial charge on any atom is 0.00104 e. The van der Waals surface area contributed by atoms with Gasteiger partial charge < -0.3 is 5.32 Å². The van der Waals surface area contributed by atoms with E-state index < -0.39 is 0 Å². The van der Waals surface area contributed by atoms with E-state index in [0.717, 1.165) is 5.92 Å². The number of nitrogens with one attached hydrogen (secondary N) is 1. The van der Waals surface area contributed by atoms with Crippen molar-refractivity contribution >= 4 is 0 Å². The molecule has 1 fully saturated rings. The third-order valence-corrected chi connectivity index (χ3v) is 1.51. The highest BCUT2D eigenvalue weighted by Gasteiger charge is 2.20. The lowest BCUT2D eigenvalue weighted by atomic mass is 10.3.